The Bertz CT molecular complexity index is 430. The summed E-state index contributed by atoms with van der Waals surface area (Å²) in [7, 11) is 3.40. The fraction of sp³-hybridized carbons (Fsp3) is 0.533. The fourth-order valence-corrected chi connectivity index (χ4v) is 2.81. The lowest BCUT2D eigenvalue weighted by molar-refractivity contribution is 0.0601. The van der Waals surface area contributed by atoms with E-state index in [9.17, 15) is 4.79 Å². The van der Waals surface area contributed by atoms with Crippen LogP contribution in [0.1, 0.15) is 23.7 Å². The molecule has 1 saturated heterocycles. The predicted molar refractivity (Wildman–Crippen MR) is 76.6 cm³/mol. The number of carbonyl (C=O) groups excluding carboxylic acids is 1. The lowest BCUT2D eigenvalue weighted by Gasteiger charge is -2.26. The number of ether oxygens (including phenoxy) is 1. The Kier molecular flexibility index (Phi) is 4.43. The highest BCUT2D eigenvalue weighted by molar-refractivity contribution is 5.89. The number of hydrogen-bond donors (Lipinski definition) is 1. The van der Waals surface area contributed by atoms with Gasteiger partial charge in [0, 0.05) is 18.3 Å². The molecule has 1 aromatic rings. The second-order valence-corrected chi connectivity index (χ2v) is 5.08. The van der Waals surface area contributed by atoms with Crippen molar-refractivity contribution in [2.24, 2.45) is 5.92 Å². The smallest absolute Gasteiger partial charge is 0.337 e. The summed E-state index contributed by atoms with van der Waals surface area (Å²) in [6, 6.07) is 8.20. The zero-order valence-corrected chi connectivity index (χ0v) is 11.8. The number of esters is 1. The van der Waals surface area contributed by atoms with Gasteiger partial charge in [-0.1, -0.05) is 0 Å². The summed E-state index contributed by atoms with van der Waals surface area (Å²) >= 11 is 0. The van der Waals surface area contributed by atoms with Gasteiger partial charge in [-0.15, -0.1) is 0 Å². The minimum Gasteiger partial charge on any atom is -0.465 e. The zero-order valence-electron chi connectivity index (χ0n) is 11.8. The molecule has 0 radical (unpaired) electrons. The fourth-order valence-electron chi connectivity index (χ4n) is 2.81. The van der Waals surface area contributed by atoms with Crippen molar-refractivity contribution in [2.45, 2.75) is 19.4 Å². The van der Waals surface area contributed by atoms with Crippen molar-refractivity contribution < 1.29 is 9.53 Å². The number of hydrogen-bond acceptors (Lipinski definition) is 4. The van der Waals surface area contributed by atoms with E-state index in [-0.39, 0.29) is 5.97 Å². The van der Waals surface area contributed by atoms with Crippen molar-refractivity contribution in [2.75, 3.05) is 32.1 Å². The highest BCUT2D eigenvalue weighted by atomic mass is 16.5. The van der Waals surface area contributed by atoms with Gasteiger partial charge >= 0.3 is 5.97 Å². The van der Waals surface area contributed by atoms with Gasteiger partial charge in [-0.05, 0) is 57.1 Å². The van der Waals surface area contributed by atoms with Crippen LogP contribution in [-0.2, 0) is 4.74 Å². The van der Waals surface area contributed by atoms with E-state index in [4.69, 9.17) is 4.74 Å². The molecule has 1 aromatic carbocycles. The molecule has 4 heteroatoms. The zero-order chi connectivity index (χ0) is 13.8. The third-order valence-corrected chi connectivity index (χ3v) is 4.00. The van der Waals surface area contributed by atoms with Gasteiger partial charge in [-0.25, -0.2) is 4.79 Å². The Morgan fingerprint density at radius 3 is 2.68 bits per heavy atom. The second kappa shape index (κ2) is 6.06. The van der Waals surface area contributed by atoms with Crippen LogP contribution in [0.25, 0.3) is 0 Å². The van der Waals surface area contributed by atoms with Gasteiger partial charge in [-0.2, -0.15) is 0 Å². The Balaban J connectivity index is 2.09. The Labute approximate surface area is 114 Å². The molecule has 0 bridgehead atoms. The van der Waals surface area contributed by atoms with Crippen LogP contribution in [0.2, 0.25) is 0 Å². The van der Waals surface area contributed by atoms with Crippen LogP contribution in [0.15, 0.2) is 24.3 Å². The molecule has 2 rings (SSSR count). The number of nitrogens with zero attached hydrogens (tertiary/aromatic N) is 1. The van der Waals surface area contributed by atoms with Crippen molar-refractivity contribution in [3.05, 3.63) is 29.8 Å². The van der Waals surface area contributed by atoms with Gasteiger partial charge in [0.1, 0.15) is 0 Å². The van der Waals surface area contributed by atoms with Crippen LogP contribution in [0.3, 0.4) is 0 Å². The topological polar surface area (TPSA) is 41.6 Å². The molecular weight excluding hydrogens is 240 g/mol. The quantitative estimate of drug-likeness (QED) is 0.842. The molecule has 1 fully saturated rings. The number of methoxy groups -OCH3 is 1. The molecule has 0 saturated carbocycles. The predicted octanol–water partition coefficient (Wildman–Crippen LogP) is 1.91. The van der Waals surface area contributed by atoms with Crippen LogP contribution in [0, 0.1) is 5.92 Å². The van der Waals surface area contributed by atoms with Crippen LogP contribution in [-0.4, -0.2) is 39.3 Å². The number of carbonyl (C=O) groups is 1. The molecule has 1 N–H and O–H groups in total. The van der Waals surface area contributed by atoms with Crippen LogP contribution >= 0.6 is 0 Å². The van der Waals surface area contributed by atoms with Crippen LogP contribution in [0.5, 0.6) is 0 Å². The van der Waals surface area contributed by atoms with Gasteiger partial charge < -0.3 is 15.0 Å². The highest BCUT2D eigenvalue weighted by Crippen LogP contribution is 2.29. The van der Waals surface area contributed by atoms with Gasteiger partial charge in [0.25, 0.3) is 0 Å². The number of nitrogens with one attached hydrogen (secondary N) is 1. The van der Waals surface area contributed by atoms with E-state index in [0.29, 0.717) is 17.5 Å². The van der Waals surface area contributed by atoms with E-state index >= 15 is 0 Å². The summed E-state index contributed by atoms with van der Waals surface area (Å²) in [6.45, 7) is 4.40. The maximum Gasteiger partial charge on any atom is 0.337 e. The van der Waals surface area contributed by atoms with E-state index < -0.39 is 0 Å². The SMILES string of the molecule is CNCC1CCN(c2ccc(C(=O)OC)cc2)C1C. The molecule has 19 heavy (non-hydrogen) atoms. The minimum atomic E-state index is -0.283. The van der Waals surface area contributed by atoms with Crippen molar-refractivity contribution >= 4 is 11.7 Å². The van der Waals surface area contributed by atoms with E-state index in [1.165, 1.54) is 19.2 Å². The third-order valence-electron chi connectivity index (χ3n) is 4.00. The maximum absolute atomic E-state index is 11.4. The normalized spacial score (nSPS) is 22.6. The summed E-state index contributed by atoms with van der Waals surface area (Å²) in [5.41, 5.74) is 1.78. The Morgan fingerprint density at radius 1 is 1.42 bits per heavy atom. The molecule has 1 heterocycles. The molecule has 1 aliphatic heterocycles. The molecule has 2 atom stereocenters. The average molecular weight is 262 g/mol. The molecule has 0 spiro atoms. The Morgan fingerprint density at radius 2 is 2.11 bits per heavy atom. The van der Waals surface area contributed by atoms with Crippen LogP contribution in [0.4, 0.5) is 5.69 Å². The summed E-state index contributed by atoms with van der Waals surface area (Å²) < 4.78 is 4.71. The summed E-state index contributed by atoms with van der Waals surface area (Å²) in [6.07, 6.45) is 1.21. The van der Waals surface area contributed by atoms with E-state index in [2.05, 4.69) is 17.1 Å². The minimum absolute atomic E-state index is 0.283. The Hall–Kier alpha value is -1.55. The molecule has 4 nitrogen and oxygen atoms in total. The summed E-state index contributed by atoms with van der Waals surface area (Å²) in [5, 5.41) is 3.26. The highest BCUT2D eigenvalue weighted by Gasteiger charge is 2.30. The lowest BCUT2D eigenvalue weighted by Crippen LogP contribution is -2.33. The van der Waals surface area contributed by atoms with Crippen molar-refractivity contribution in [1.29, 1.82) is 0 Å². The molecule has 0 aromatic heterocycles. The number of anilines is 1. The van der Waals surface area contributed by atoms with Gasteiger partial charge in [0.2, 0.25) is 0 Å². The molecule has 1 aliphatic rings. The first-order valence-electron chi connectivity index (χ1n) is 6.77. The third kappa shape index (κ3) is 2.89. The molecule has 104 valence electrons. The number of benzene rings is 1. The first-order valence-corrected chi connectivity index (χ1v) is 6.77. The second-order valence-electron chi connectivity index (χ2n) is 5.08. The maximum atomic E-state index is 11.4. The standard InChI is InChI=1S/C15H22N2O2/c1-11-13(10-16-2)8-9-17(11)14-6-4-12(5-7-14)15(18)19-3/h4-7,11,13,16H,8-10H2,1-3H3. The first-order chi connectivity index (χ1) is 9.17. The van der Waals surface area contributed by atoms with E-state index in [1.807, 2.05) is 31.3 Å². The summed E-state index contributed by atoms with van der Waals surface area (Å²) in [5.74, 6) is 0.402. The summed E-state index contributed by atoms with van der Waals surface area (Å²) in [4.78, 5) is 13.8. The number of rotatable bonds is 4. The van der Waals surface area contributed by atoms with Gasteiger partial charge in [0.15, 0.2) is 0 Å². The average Bonchev–Trinajstić information content (AvgIpc) is 2.80. The van der Waals surface area contributed by atoms with Gasteiger partial charge in [-0.3, -0.25) is 0 Å². The van der Waals surface area contributed by atoms with Crippen molar-refractivity contribution in [3.63, 3.8) is 0 Å². The molecule has 2 unspecified atom stereocenters. The molecular formula is C15H22N2O2. The lowest BCUT2D eigenvalue weighted by atomic mass is 10.0. The van der Waals surface area contributed by atoms with E-state index in [1.54, 1.807) is 0 Å². The van der Waals surface area contributed by atoms with Crippen molar-refractivity contribution in [3.8, 4) is 0 Å². The monoisotopic (exact) mass is 262 g/mol. The largest absolute Gasteiger partial charge is 0.465 e. The van der Waals surface area contributed by atoms with E-state index in [0.717, 1.165) is 13.1 Å². The molecule has 0 amide bonds. The first kappa shape index (κ1) is 13.9. The molecule has 0 aliphatic carbocycles. The van der Waals surface area contributed by atoms with Crippen molar-refractivity contribution in [1.82, 2.24) is 5.32 Å². The van der Waals surface area contributed by atoms with Gasteiger partial charge in [0.05, 0.1) is 12.7 Å². The van der Waals surface area contributed by atoms with Crippen LogP contribution < -0.4 is 10.2 Å².